The molecule has 36 heavy (non-hydrogen) atoms. The van der Waals surface area contributed by atoms with E-state index >= 15 is 0 Å². The second-order valence-corrected chi connectivity index (χ2v) is 10.3. The molecule has 1 N–H and O–H groups in total. The highest BCUT2D eigenvalue weighted by Crippen LogP contribution is 2.38. The standard InChI is InChI=1S/C27H36N4O5/c1-17(2)35-27(32)31-11-10-21(16-31)36-25-22(19-6-9-23-24(14-19)34-13-12-33-23)15-28-26(30-25)29-20-7-4-18(3)5-8-20/h6,9,14-15,17-18,20-21H,4-5,7-8,10-13,16H2,1-3H3,(H,28,29,30)/t18-,20-,21?. The molecular weight excluding hydrogens is 460 g/mol. The van der Waals surface area contributed by atoms with Crippen LogP contribution in [0.3, 0.4) is 0 Å². The highest BCUT2D eigenvalue weighted by atomic mass is 16.6. The second-order valence-electron chi connectivity index (χ2n) is 10.3. The predicted molar refractivity (Wildman–Crippen MR) is 136 cm³/mol. The zero-order chi connectivity index (χ0) is 25.1. The third-order valence-corrected chi connectivity index (χ3v) is 6.97. The summed E-state index contributed by atoms with van der Waals surface area (Å²) in [6, 6.07) is 6.18. The van der Waals surface area contributed by atoms with Crippen LogP contribution in [0.15, 0.2) is 24.4 Å². The van der Waals surface area contributed by atoms with E-state index in [1.165, 1.54) is 12.8 Å². The number of benzene rings is 1. The third-order valence-electron chi connectivity index (χ3n) is 6.97. The number of nitrogens with one attached hydrogen (secondary N) is 1. The average Bonchev–Trinajstić information content (AvgIpc) is 3.34. The number of ether oxygens (including phenoxy) is 4. The summed E-state index contributed by atoms with van der Waals surface area (Å²) in [5.41, 5.74) is 1.67. The lowest BCUT2D eigenvalue weighted by molar-refractivity contribution is 0.0796. The first-order valence-electron chi connectivity index (χ1n) is 13.1. The van der Waals surface area contributed by atoms with Crippen molar-refractivity contribution in [2.45, 2.75) is 71.1 Å². The van der Waals surface area contributed by atoms with Crippen molar-refractivity contribution in [2.75, 3.05) is 31.6 Å². The Bertz CT molecular complexity index is 1070. The number of carbonyl (C=O) groups is 1. The van der Waals surface area contributed by atoms with Crippen molar-refractivity contribution in [3.8, 4) is 28.5 Å². The lowest BCUT2D eigenvalue weighted by Gasteiger charge is -2.27. The van der Waals surface area contributed by atoms with E-state index in [4.69, 9.17) is 23.9 Å². The number of nitrogens with zero attached hydrogens (tertiary/aromatic N) is 3. The molecule has 3 heterocycles. The minimum absolute atomic E-state index is 0.155. The van der Waals surface area contributed by atoms with Crippen molar-refractivity contribution in [2.24, 2.45) is 5.92 Å². The van der Waals surface area contributed by atoms with E-state index in [9.17, 15) is 4.79 Å². The van der Waals surface area contributed by atoms with Gasteiger partial charge in [0, 0.05) is 25.2 Å². The smallest absolute Gasteiger partial charge is 0.410 e. The van der Waals surface area contributed by atoms with E-state index < -0.39 is 0 Å². The molecule has 0 bridgehead atoms. The van der Waals surface area contributed by atoms with Gasteiger partial charge in [-0.2, -0.15) is 4.98 Å². The maximum absolute atomic E-state index is 12.4. The quantitative estimate of drug-likeness (QED) is 0.603. The Hall–Kier alpha value is -3.23. The molecule has 2 fully saturated rings. The van der Waals surface area contributed by atoms with Crippen LogP contribution in [0, 0.1) is 5.92 Å². The highest BCUT2D eigenvalue weighted by Gasteiger charge is 2.30. The van der Waals surface area contributed by atoms with Crippen LogP contribution in [-0.4, -0.2) is 65.5 Å². The van der Waals surface area contributed by atoms with Crippen molar-refractivity contribution >= 4 is 12.0 Å². The van der Waals surface area contributed by atoms with E-state index in [0.29, 0.717) is 56.3 Å². The number of anilines is 1. The maximum atomic E-state index is 12.4. The number of likely N-dealkylation sites (tertiary alicyclic amines) is 1. The Morgan fingerprint density at radius 2 is 1.89 bits per heavy atom. The first-order valence-corrected chi connectivity index (χ1v) is 13.1. The second kappa shape index (κ2) is 10.8. The summed E-state index contributed by atoms with van der Waals surface area (Å²) in [6.45, 7) is 8.12. The van der Waals surface area contributed by atoms with Gasteiger partial charge in [-0.3, -0.25) is 0 Å². The van der Waals surface area contributed by atoms with Crippen molar-refractivity contribution < 1.29 is 23.7 Å². The number of amides is 1. The first-order chi connectivity index (χ1) is 17.4. The molecule has 1 amide bonds. The summed E-state index contributed by atoms with van der Waals surface area (Å²) in [5.74, 6) is 3.27. The van der Waals surface area contributed by atoms with Crippen LogP contribution < -0.4 is 19.5 Å². The minimum atomic E-state index is -0.306. The molecule has 1 saturated heterocycles. The molecule has 194 valence electrons. The van der Waals surface area contributed by atoms with Crippen LogP contribution >= 0.6 is 0 Å². The molecule has 2 aliphatic heterocycles. The van der Waals surface area contributed by atoms with Gasteiger partial charge in [-0.1, -0.05) is 13.0 Å². The summed E-state index contributed by atoms with van der Waals surface area (Å²) < 4.78 is 23.2. The van der Waals surface area contributed by atoms with Crippen molar-refractivity contribution in [1.29, 1.82) is 0 Å². The van der Waals surface area contributed by atoms with Gasteiger partial charge in [0.15, 0.2) is 11.5 Å². The van der Waals surface area contributed by atoms with E-state index in [2.05, 4.69) is 17.2 Å². The van der Waals surface area contributed by atoms with Crippen molar-refractivity contribution in [3.05, 3.63) is 24.4 Å². The Labute approximate surface area is 212 Å². The molecule has 1 atom stereocenters. The largest absolute Gasteiger partial charge is 0.486 e. The molecular formula is C27H36N4O5. The Kier molecular flexibility index (Phi) is 7.34. The molecule has 1 saturated carbocycles. The molecule has 9 heteroatoms. The molecule has 3 aliphatic rings. The number of fused-ring (bicyclic) bond motifs is 1. The lowest BCUT2D eigenvalue weighted by Crippen LogP contribution is -2.33. The average molecular weight is 497 g/mol. The van der Waals surface area contributed by atoms with Gasteiger partial charge in [0.05, 0.1) is 18.2 Å². The van der Waals surface area contributed by atoms with E-state index in [0.717, 1.165) is 35.6 Å². The summed E-state index contributed by atoms with van der Waals surface area (Å²) in [6.07, 6.45) is 6.51. The Morgan fingerprint density at radius 3 is 2.67 bits per heavy atom. The zero-order valence-electron chi connectivity index (χ0n) is 21.4. The molecule has 1 aliphatic carbocycles. The number of carbonyl (C=O) groups excluding carboxylic acids is 1. The molecule has 1 aromatic heterocycles. The van der Waals surface area contributed by atoms with E-state index in [-0.39, 0.29) is 18.3 Å². The van der Waals surface area contributed by atoms with Gasteiger partial charge in [-0.25, -0.2) is 9.78 Å². The highest BCUT2D eigenvalue weighted by molar-refractivity contribution is 5.71. The summed E-state index contributed by atoms with van der Waals surface area (Å²) in [5, 5.41) is 3.51. The van der Waals surface area contributed by atoms with Gasteiger partial charge in [0.1, 0.15) is 19.3 Å². The van der Waals surface area contributed by atoms with Gasteiger partial charge in [0.25, 0.3) is 0 Å². The monoisotopic (exact) mass is 496 g/mol. The van der Waals surface area contributed by atoms with Crippen LogP contribution in [0.2, 0.25) is 0 Å². The number of hydrogen-bond acceptors (Lipinski definition) is 8. The fourth-order valence-corrected chi connectivity index (χ4v) is 4.95. The molecule has 0 radical (unpaired) electrons. The van der Waals surface area contributed by atoms with Crippen LogP contribution in [-0.2, 0) is 4.74 Å². The van der Waals surface area contributed by atoms with Crippen LogP contribution in [0.5, 0.6) is 17.4 Å². The number of aromatic nitrogens is 2. The molecule has 0 spiro atoms. The van der Waals surface area contributed by atoms with Gasteiger partial charge in [-0.05, 0) is 63.1 Å². The number of hydrogen-bond donors (Lipinski definition) is 1. The summed E-state index contributed by atoms with van der Waals surface area (Å²) >= 11 is 0. The van der Waals surface area contributed by atoms with Gasteiger partial charge in [-0.15, -0.1) is 0 Å². The van der Waals surface area contributed by atoms with E-state index in [1.807, 2.05) is 32.0 Å². The van der Waals surface area contributed by atoms with Crippen LogP contribution in [0.4, 0.5) is 10.7 Å². The molecule has 5 rings (SSSR count). The molecule has 1 aromatic carbocycles. The van der Waals surface area contributed by atoms with Gasteiger partial charge in [0.2, 0.25) is 11.8 Å². The Balaban J connectivity index is 1.37. The molecule has 9 nitrogen and oxygen atoms in total. The number of rotatable bonds is 6. The first kappa shape index (κ1) is 24.5. The SMILES string of the molecule is CC(C)OC(=O)N1CCC(Oc2nc(N[C@H]3CC[C@H](C)CC3)ncc2-c2ccc3c(c2)OCCO3)C1. The van der Waals surface area contributed by atoms with Crippen molar-refractivity contribution in [3.63, 3.8) is 0 Å². The van der Waals surface area contributed by atoms with Crippen LogP contribution in [0.1, 0.15) is 52.9 Å². The predicted octanol–water partition coefficient (Wildman–Crippen LogP) is 4.90. The van der Waals surface area contributed by atoms with Gasteiger partial charge >= 0.3 is 6.09 Å². The third kappa shape index (κ3) is 5.77. The molecule has 1 unspecified atom stereocenters. The summed E-state index contributed by atoms with van der Waals surface area (Å²) in [4.78, 5) is 23.5. The summed E-state index contributed by atoms with van der Waals surface area (Å²) in [7, 11) is 0. The van der Waals surface area contributed by atoms with E-state index in [1.54, 1.807) is 11.1 Å². The minimum Gasteiger partial charge on any atom is -0.486 e. The topological polar surface area (TPSA) is 95.0 Å². The van der Waals surface area contributed by atoms with Gasteiger partial charge < -0.3 is 29.2 Å². The Morgan fingerprint density at radius 1 is 1.11 bits per heavy atom. The maximum Gasteiger partial charge on any atom is 0.410 e. The molecule has 2 aromatic rings. The lowest BCUT2D eigenvalue weighted by atomic mass is 9.87. The normalized spacial score (nSPS) is 23.4. The fourth-order valence-electron chi connectivity index (χ4n) is 4.95. The van der Waals surface area contributed by atoms with Crippen LogP contribution in [0.25, 0.3) is 11.1 Å². The van der Waals surface area contributed by atoms with Crippen molar-refractivity contribution in [1.82, 2.24) is 14.9 Å². The fraction of sp³-hybridized carbons (Fsp3) is 0.593. The zero-order valence-corrected chi connectivity index (χ0v) is 21.4.